The van der Waals surface area contributed by atoms with E-state index >= 15 is 0 Å². The Hall–Kier alpha value is -5.21. The molecule has 0 radical (unpaired) electrons. The first kappa shape index (κ1) is 31.8. The van der Waals surface area contributed by atoms with Gasteiger partial charge in [0.05, 0.1) is 50.4 Å². The number of fused-ring (bicyclic) bond motifs is 3. The lowest BCUT2D eigenvalue weighted by atomic mass is 9.99. The van der Waals surface area contributed by atoms with E-state index in [1.165, 1.54) is 32.7 Å². The van der Waals surface area contributed by atoms with Crippen molar-refractivity contribution in [1.29, 1.82) is 0 Å². The molecule has 1 fully saturated rings. The van der Waals surface area contributed by atoms with E-state index in [4.69, 9.17) is 18.9 Å². The molecule has 4 heterocycles. The normalized spacial score (nSPS) is 17.0. The summed E-state index contributed by atoms with van der Waals surface area (Å²) in [7, 11) is 6.09. The van der Waals surface area contributed by atoms with Gasteiger partial charge in [-0.25, -0.2) is 4.79 Å². The van der Waals surface area contributed by atoms with Crippen molar-refractivity contribution in [3.05, 3.63) is 64.8 Å². The van der Waals surface area contributed by atoms with E-state index in [0.29, 0.717) is 64.1 Å². The van der Waals surface area contributed by atoms with Crippen LogP contribution in [-0.4, -0.2) is 86.0 Å². The first-order valence-electron chi connectivity index (χ1n) is 14.8. The quantitative estimate of drug-likeness (QED) is 0.247. The first-order chi connectivity index (χ1) is 22.7. The fourth-order valence-electron chi connectivity index (χ4n) is 5.74. The minimum atomic E-state index is -0.411. The van der Waals surface area contributed by atoms with E-state index in [2.05, 4.69) is 15.6 Å². The van der Waals surface area contributed by atoms with Crippen molar-refractivity contribution in [1.82, 2.24) is 9.47 Å². The number of hydrogen-bond acceptors (Lipinski definition) is 10. The van der Waals surface area contributed by atoms with Crippen LogP contribution in [0.15, 0.2) is 53.7 Å². The third-order valence-electron chi connectivity index (χ3n) is 8.11. The summed E-state index contributed by atoms with van der Waals surface area (Å²) >= 11 is 1.31. The van der Waals surface area contributed by atoms with Crippen molar-refractivity contribution < 1.29 is 38.1 Å². The van der Waals surface area contributed by atoms with Crippen molar-refractivity contribution in [3.8, 4) is 11.5 Å². The van der Waals surface area contributed by atoms with Gasteiger partial charge in [-0.3, -0.25) is 19.4 Å². The third kappa shape index (κ3) is 6.55. The number of nitrogens with zero attached hydrogens (tertiary/aromatic N) is 3. The van der Waals surface area contributed by atoms with Crippen LogP contribution in [-0.2, 0) is 21.3 Å². The fraction of sp³-hybridized carbons (Fsp3) is 0.303. The number of aryl methyl sites for hydroxylation is 1. The predicted octanol–water partition coefficient (Wildman–Crippen LogP) is 4.64. The van der Waals surface area contributed by atoms with Crippen molar-refractivity contribution in [2.45, 2.75) is 25.0 Å². The number of nitrogens with one attached hydrogen (secondary N) is 2. The summed E-state index contributed by atoms with van der Waals surface area (Å²) in [5.41, 5.74) is 2.29. The number of carbonyl (C=O) groups excluding carboxylic acids is 4. The number of anilines is 2. The van der Waals surface area contributed by atoms with Gasteiger partial charge < -0.3 is 39.0 Å². The van der Waals surface area contributed by atoms with E-state index in [-0.39, 0.29) is 36.5 Å². The number of thiophene rings is 1. The molecule has 1 saturated heterocycles. The standard InChI is InChI=1S/C33H33N5O8S/c1-37-16-20(11-25(37)31(40)36-19-5-6-28-18(9-19)10-29(47-28)33(42)45-4)35-30(39)17-46-22-7-8-38-21(12-22)15-34-24-14-27(44-3)26(43-2)13-23(24)32(38)41/h5-6,9-11,13-16,21-22H,7-8,12,17H2,1-4H3,(H,35,39)(H,36,40)/t21-,22?/m0/s1. The smallest absolute Gasteiger partial charge is 0.348 e. The summed E-state index contributed by atoms with van der Waals surface area (Å²) in [6.45, 7) is 0.250. The minimum absolute atomic E-state index is 0.150. The Balaban J connectivity index is 1.03. The van der Waals surface area contributed by atoms with Gasteiger partial charge in [-0.1, -0.05) is 0 Å². The Morgan fingerprint density at radius 3 is 2.55 bits per heavy atom. The van der Waals surface area contributed by atoms with Crippen LogP contribution in [0.3, 0.4) is 0 Å². The largest absolute Gasteiger partial charge is 0.493 e. The number of rotatable bonds is 9. The van der Waals surface area contributed by atoms with Crippen molar-refractivity contribution in [2.24, 2.45) is 12.0 Å². The lowest BCUT2D eigenvalue weighted by Gasteiger charge is -2.36. The molecule has 0 bridgehead atoms. The second-order valence-electron chi connectivity index (χ2n) is 11.1. The predicted molar refractivity (Wildman–Crippen MR) is 177 cm³/mol. The molecule has 0 spiro atoms. The fourth-order valence-corrected chi connectivity index (χ4v) is 6.70. The van der Waals surface area contributed by atoms with Crippen molar-refractivity contribution in [3.63, 3.8) is 0 Å². The summed E-state index contributed by atoms with van der Waals surface area (Å²) < 4.78 is 24.0. The van der Waals surface area contributed by atoms with Crippen LogP contribution < -0.4 is 20.1 Å². The molecular formula is C33H33N5O8S. The zero-order valence-corrected chi connectivity index (χ0v) is 27.0. The van der Waals surface area contributed by atoms with Gasteiger partial charge in [0.25, 0.3) is 11.8 Å². The van der Waals surface area contributed by atoms with Crippen LogP contribution in [0.1, 0.15) is 43.4 Å². The second-order valence-corrected chi connectivity index (χ2v) is 12.2. The highest BCUT2D eigenvalue weighted by Crippen LogP contribution is 2.38. The molecule has 6 rings (SSSR count). The van der Waals surface area contributed by atoms with Crippen LogP contribution in [0.5, 0.6) is 11.5 Å². The number of piperidine rings is 1. The van der Waals surface area contributed by atoms with Crippen molar-refractivity contribution >= 4 is 68.4 Å². The van der Waals surface area contributed by atoms with Gasteiger partial charge in [0.15, 0.2) is 11.5 Å². The highest BCUT2D eigenvalue weighted by atomic mass is 32.1. The second kappa shape index (κ2) is 13.3. The zero-order valence-electron chi connectivity index (χ0n) is 26.2. The number of benzene rings is 2. The lowest BCUT2D eigenvalue weighted by molar-refractivity contribution is -0.123. The van der Waals surface area contributed by atoms with E-state index in [1.54, 1.807) is 65.3 Å². The molecule has 13 nitrogen and oxygen atoms in total. The van der Waals surface area contributed by atoms with Gasteiger partial charge in [0, 0.05) is 42.5 Å². The maximum absolute atomic E-state index is 13.4. The van der Waals surface area contributed by atoms with Gasteiger partial charge in [-0.15, -0.1) is 11.3 Å². The molecule has 2 atom stereocenters. The number of hydrogen-bond donors (Lipinski definition) is 2. The summed E-state index contributed by atoms with van der Waals surface area (Å²) in [5, 5.41) is 6.46. The van der Waals surface area contributed by atoms with E-state index in [0.717, 1.165) is 10.1 Å². The average Bonchev–Trinajstić information content (AvgIpc) is 3.64. The van der Waals surface area contributed by atoms with Gasteiger partial charge in [0.2, 0.25) is 5.91 Å². The van der Waals surface area contributed by atoms with Crippen LogP contribution in [0.25, 0.3) is 10.1 Å². The topological polar surface area (TPSA) is 150 Å². The molecule has 1 unspecified atom stereocenters. The molecule has 47 heavy (non-hydrogen) atoms. The molecule has 244 valence electrons. The van der Waals surface area contributed by atoms with Gasteiger partial charge in [0.1, 0.15) is 17.2 Å². The number of ether oxygens (including phenoxy) is 4. The Bertz CT molecular complexity index is 1910. The average molecular weight is 660 g/mol. The number of aromatic nitrogens is 1. The van der Waals surface area contributed by atoms with Crippen LogP contribution in [0, 0.1) is 0 Å². The SMILES string of the molecule is COC(=O)c1cc2cc(NC(=O)c3cc(NC(=O)COC4CCN5C(=O)c6cc(OC)c(OC)cc6N=C[C@@H]5C4)cn3C)ccc2s1. The molecule has 3 amide bonds. The summed E-state index contributed by atoms with van der Waals surface area (Å²) in [6.07, 6.45) is 4.17. The number of amides is 3. The molecular weight excluding hydrogens is 626 g/mol. The van der Waals surface area contributed by atoms with Gasteiger partial charge in [-0.2, -0.15) is 0 Å². The molecule has 4 aromatic rings. The molecule has 2 aliphatic heterocycles. The molecule has 0 saturated carbocycles. The molecule has 14 heteroatoms. The van der Waals surface area contributed by atoms with Crippen LogP contribution in [0.2, 0.25) is 0 Å². The Morgan fingerprint density at radius 1 is 1.00 bits per heavy atom. The summed E-state index contributed by atoms with van der Waals surface area (Å²) in [4.78, 5) is 57.9. The Kier molecular flexibility index (Phi) is 8.96. The summed E-state index contributed by atoms with van der Waals surface area (Å²) in [6, 6.07) is 11.7. The third-order valence-corrected chi connectivity index (χ3v) is 9.20. The highest BCUT2D eigenvalue weighted by Gasteiger charge is 2.35. The number of methoxy groups -OCH3 is 3. The van der Waals surface area contributed by atoms with Crippen LogP contribution >= 0.6 is 11.3 Å². The molecule has 2 N–H and O–H groups in total. The number of esters is 1. The number of aliphatic imine (C=N–C) groups is 1. The highest BCUT2D eigenvalue weighted by molar-refractivity contribution is 7.20. The monoisotopic (exact) mass is 659 g/mol. The Morgan fingerprint density at radius 2 is 1.79 bits per heavy atom. The van der Waals surface area contributed by atoms with Gasteiger partial charge in [-0.05, 0) is 54.6 Å². The lowest BCUT2D eigenvalue weighted by Crippen LogP contribution is -2.48. The maximum Gasteiger partial charge on any atom is 0.348 e. The molecule has 0 aliphatic carbocycles. The maximum atomic E-state index is 13.4. The molecule has 2 aromatic carbocycles. The van der Waals surface area contributed by atoms with E-state index in [1.807, 2.05) is 6.07 Å². The zero-order chi connectivity index (χ0) is 33.2. The molecule has 2 aromatic heterocycles. The van der Waals surface area contributed by atoms with E-state index in [9.17, 15) is 19.2 Å². The minimum Gasteiger partial charge on any atom is -0.493 e. The number of carbonyl (C=O) groups is 4. The first-order valence-corrected chi connectivity index (χ1v) is 15.6. The van der Waals surface area contributed by atoms with E-state index < -0.39 is 5.97 Å². The Labute approximate surface area is 274 Å². The van der Waals surface area contributed by atoms with Crippen molar-refractivity contribution in [2.75, 3.05) is 45.1 Å². The molecule has 2 aliphatic rings. The van der Waals surface area contributed by atoms with Crippen LogP contribution in [0.4, 0.5) is 17.1 Å². The summed E-state index contributed by atoms with van der Waals surface area (Å²) in [5.74, 6) is -0.350. The van der Waals surface area contributed by atoms with Gasteiger partial charge >= 0.3 is 5.97 Å².